The highest BCUT2D eigenvalue weighted by Gasteiger charge is 2.21. The number of benzene rings is 1. The molecule has 0 spiro atoms. The lowest BCUT2D eigenvalue weighted by Crippen LogP contribution is -2.19. The Labute approximate surface area is 107 Å². The standard InChI is InChI=1S/C15H19NS/c1-3-13(12-7-5-4-6-8-12)14(16)15-11(2)9-10-17-15/h4-10,13-14H,3,16H2,1-2H3. The van der Waals surface area contributed by atoms with E-state index < -0.39 is 0 Å². The van der Waals surface area contributed by atoms with Crippen LogP contribution in [0.3, 0.4) is 0 Å². The summed E-state index contributed by atoms with van der Waals surface area (Å²) in [7, 11) is 0. The van der Waals surface area contributed by atoms with Gasteiger partial charge in [-0.15, -0.1) is 11.3 Å². The molecular weight excluding hydrogens is 226 g/mol. The molecule has 17 heavy (non-hydrogen) atoms. The Morgan fingerprint density at radius 2 is 1.88 bits per heavy atom. The van der Waals surface area contributed by atoms with E-state index in [1.54, 1.807) is 11.3 Å². The molecule has 0 aliphatic rings. The number of rotatable bonds is 4. The van der Waals surface area contributed by atoms with Crippen LogP contribution in [0.25, 0.3) is 0 Å². The van der Waals surface area contributed by atoms with Gasteiger partial charge in [0, 0.05) is 16.8 Å². The zero-order valence-corrected chi connectivity index (χ0v) is 11.2. The zero-order valence-electron chi connectivity index (χ0n) is 10.4. The third kappa shape index (κ3) is 2.59. The summed E-state index contributed by atoms with van der Waals surface area (Å²) in [6.45, 7) is 4.35. The van der Waals surface area contributed by atoms with Gasteiger partial charge < -0.3 is 5.73 Å². The van der Waals surface area contributed by atoms with Crippen molar-refractivity contribution < 1.29 is 0 Å². The fraction of sp³-hybridized carbons (Fsp3) is 0.333. The van der Waals surface area contributed by atoms with Crippen molar-refractivity contribution in [3.63, 3.8) is 0 Å². The van der Waals surface area contributed by atoms with E-state index in [0.717, 1.165) is 6.42 Å². The Hall–Kier alpha value is -1.12. The summed E-state index contributed by atoms with van der Waals surface area (Å²) in [5, 5.41) is 2.13. The number of aryl methyl sites for hydroxylation is 1. The highest BCUT2D eigenvalue weighted by Crippen LogP contribution is 2.35. The van der Waals surface area contributed by atoms with Gasteiger partial charge in [-0.2, -0.15) is 0 Å². The molecule has 1 aromatic carbocycles. The van der Waals surface area contributed by atoms with Crippen LogP contribution >= 0.6 is 11.3 Å². The molecule has 0 aliphatic carbocycles. The first-order valence-electron chi connectivity index (χ1n) is 6.08. The number of hydrogen-bond donors (Lipinski definition) is 1. The van der Waals surface area contributed by atoms with Gasteiger partial charge in [0.05, 0.1) is 0 Å². The van der Waals surface area contributed by atoms with E-state index in [0.29, 0.717) is 5.92 Å². The lowest BCUT2D eigenvalue weighted by Gasteiger charge is -2.23. The highest BCUT2D eigenvalue weighted by atomic mass is 32.1. The third-order valence-corrected chi connectivity index (χ3v) is 4.43. The molecular formula is C15H19NS. The van der Waals surface area contributed by atoms with Crippen molar-refractivity contribution >= 4 is 11.3 Å². The molecule has 0 amide bonds. The summed E-state index contributed by atoms with van der Waals surface area (Å²) in [6, 6.07) is 12.9. The molecule has 2 aromatic rings. The molecule has 2 rings (SSSR count). The average molecular weight is 245 g/mol. The van der Waals surface area contributed by atoms with Gasteiger partial charge in [0.2, 0.25) is 0 Å². The Bertz CT molecular complexity index is 461. The van der Waals surface area contributed by atoms with E-state index in [9.17, 15) is 0 Å². The zero-order chi connectivity index (χ0) is 12.3. The molecule has 0 bridgehead atoms. The quantitative estimate of drug-likeness (QED) is 0.856. The predicted molar refractivity (Wildman–Crippen MR) is 75.5 cm³/mol. The monoisotopic (exact) mass is 245 g/mol. The molecule has 1 nitrogen and oxygen atoms in total. The third-order valence-electron chi connectivity index (χ3n) is 3.31. The van der Waals surface area contributed by atoms with Crippen LogP contribution in [0.15, 0.2) is 41.8 Å². The summed E-state index contributed by atoms with van der Waals surface area (Å²) < 4.78 is 0. The van der Waals surface area contributed by atoms with Crippen molar-refractivity contribution in [1.29, 1.82) is 0 Å². The van der Waals surface area contributed by atoms with E-state index in [-0.39, 0.29) is 6.04 Å². The fourth-order valence-corrected chi connectivity index (χ4v) is 3.30. The van der Waals surface area contributed by atoms with E-state index in [2.05, 4.69) is 55.6 Å². The minimum Gasteiger partial charge on any atom is -0.323 e. The highest BCUT2D eigenvalue weighted by molar-refractivity contribution is 7.10. The molecule has 2 N–H and O–H groups in total. The average Bonchev–Trinajstić information content (AvgIpc) is 2.77. The lowest BCUT2D eigenvalue weighted by molar-refractivity contribution is 0.544. The Balaban J connectivity index is 2.28. The number of thiophene rings is 1. The van der Waals surface area contributed by atoms with Gasteiger partial charge >= 0.3 is 0 Å². The van der Waals surface area contributed by atoms with E-state index in [1.165, 1.54) is 16.0 Å². The smallest absolute Gasteiger partial charge is 0.0461 e. The van der Waals surface area contributed by atoms with E-state index >= 15 is 0 Å². The molecule has 0 saturated carbocycles. The van der Waals surface area contributed by atoms with Crippen molar-refractivity contribution in [1.82, 2.24) is 0 Å². The second-order valence-electron chi connectivity index (χ2n) is 4.42. The van der Waals surface area contributed by atoms with E-state index in [4.69, 9.17) is 5.73 Å². The van der Waals surface area contributed by atoms with Crippen LogP contribution < -0.4 is 5.73 Å². The summed E-state index contributed by atoms with van der Waals surface area (Å²) in [6.07, 6.45) is 1.07. The molecule has 0 aliphatic heterocycles. The fourth-order valence-electron chi connectivity index (χ4n) is 2.31. The molecule has 0 fully saturated rings. The first-order valence-corrected chi connectivity index (χ1v) is 6.96. The molecule has 1 aromatic heterocycles. The van der Waals surface area contributed by atoms with Gasteiger partial charge in [-0.25, -0.2) is 0 Å². The first-order chi connectivity index (χ1) is 8.24. The summed E-state index contributed by atoms with van der Waals surface area (Å²) in [4.78, 5) is 1.32. The Morgan fingerprint density at radius 3 is 2.41 bits per heavy atom. The van der Waals surface area contributed by atoms with Gasteiger partial charge in [-0.3, -0.25) is 0 Å². The van der Waals surface area contributed by atoms with E-state index in [1.807, 2.05) is 0 Å². The van der Waals surface area contributed by atoms with Crippen molar-refractivity contribution in [3.8, 4) is 0 Å². The molecule has 1 heterocycles. The van der Waals surface area contributed by atoms with Gasteiger partial charge in [0.1, 0.15) is 0 Å². The molecule has 0 radical (unpaired) electrons. The van der Waals surface area contributed by atoms with Crippen molar-refractivity contribution in [2.45, 2.75) is 32.2 Å². The lowest BCUT2D eigenvalue weighted by atomic mass is 9.88. The van der Waals surface area contributed by atoms with Crippen molar-refractivity contribution in [2.75, 3.05) is 0 Å². The van der Waals surface area contributed by atoms with Gasteiger partial charge in [0.15, 0.2) is 0 Å². The largest absolute Gasteiger partial charge is 0.323 e. The van der Waals surface area contributed by atoms with Gasteiger partial charge in [0.25, 0.3) is 0 Å². The van der Waals surface area contributed by atoms with Crippen molar-refractivity contribution in [3.05, 3.63) is 57.8 Å². The molecule has 2 unspecified atom stereocenters. The predicted octanol–water partition coefficient (Wildman–Crippen LogP) is 4.25. The molecule has 0 saturated heterocycles. The summed E-state index contributed by atoms with van der Waals surface area (Å²) in [5.41, 5.74) is 9.10. The van der Waals surface area contributed by atoms with Crippen LogP contribution in [0.4, 0.5) is 0 Å². The maximum atomic E-state index is 6.44. The van der Waals surface area contributed by atoms with Crippen LogP contribution in [0.5, 0.6) is 0 Å². The van der Waals surface area contributed by atoms with Gasteiger partial charge in [-0.05, 0) is 35.9 Å². The van der Waals surface area contributed by atoms with Crippen molar-refractivity contribution in [2.24, 2.45) is 5.73 Å². The van der Waals surface area contributed by atoms with Crippen LogP contribution in [0.2, 0.25) is 0 Å². The SMILES string of the molecule is CCC(c1ccccc1)C(N)c1sccc1C. The molecule has 2 heteroatoms. The number of hydrogen-bond acceptors (Lipinski definition) is 2. The van der Waals surface area contributed by atoms with Crippen LogP contribution in [0, 0.1) is 6.92 Å². The second-order valence-corrected chi connectivity index (χ2v) is 5.37. The topological polar surface area (TPSA) is 26.0 Å². The Kier molecular flexibility index (Phi) is 3.97. The minimum atomic E-state index is 0.113. The van der Waals surface area contributed by atoms with Gasteiger partial charge in [-0.1, -0.05) is 37.3 Å². The summed E-state index contributed by atoms with van der Waals surface area (Å²) in [5.74, 6) is 0.411. The minimum absolute atomic E-state index is 0.113. The van der Waals surface area contributed by atoms with Crippen LogP contribution in [-0.4, -0.2) is 0 Å². The van der Waals surface area contributed by atoms with Crippen LogP contribution in [-0.2, 0) is 0 Å². The number of nitrogens with two attached hydrogens (primary N) is 1. The maximum Gasteiger partial charge on any atom is 0.0461 e. The first kappa shape index (κ1) is 12.3. The molecule has 90 valence electrons. The normalized spacial score (nSPS) is 14.5. The van der Waals surface area contributed by atoms with Crippen LogP contribution in [0.1, 0.15) is 41.3 Å². The maximum absolute atomic E-state index is 6.44. The summed E-state index contributed by atoms with van der Waals surface area (Å²) >= 11 is 1.77. The Morgan fingerprint density at radius 1 is 1.18 bits per heavy atom. The molecule has 2 atom stereocenters. The second kappa shape index (κ2) is 5.48.